The molecule has 0 fully saturated rings. The third-order valence-corrected chi connectivity index (χ3v) is 4.77. The SMILES string of the molecule is CN(C)Sc1ccc(C(=O)c2cc(CC(=O)O)cc3ccccc23)cc1. The summed E-state index contributed by atoms with van der Waals surface area (Å²) in [7, 11) is 3.92. The second kappa shape index (κ2) is 7.72. The van der Waals surface area contributed by atoms with E-state index in [1.807, 2.05) is 73.0 Å². The minimum absolute atomic E-state index is 0.102. The van der Waals surface area contributed by atoms with Gasteiger partial charge < -0.3 is 5.11 Å². The fraction of sp³-hybridized carbons (Fsp3) is 0.143. The van der Waals surface area contributed by atoms with Crippen molar-refractivity contribution in [3.63, 3.8) is 0 Å². The van der Waals surface area contributed by atoms with Crippen LogP contribution in [-0.4, -0.2) is 35.3 Å². The smallest absolute Gasteiger partial charge is 0.307 e. The van der Waals surface area contributed by atoms with Crippen molar-refractivity contribution < 1.29 is 14.7 Å². The number of carbonyl (C=O) groups excluding carboxylic acids is 1. The maximum Gasteiger partial charge on any atom is 0.307 e. The molecule has 1 N–H and O–H groups in total. The fourth-order valence-corrected chi connectivity index (χ4v) is 3.55. The first-order valence-electron chi connectivity index (χ1n) is 8.17. The number of aliphatic carboxylic acids is 1. The van der Waals surface area contributed by atoms with Crippen LogP contribution in [0.1, 0.15) is 21.5 Å². The van der Waals surface area contributed by atoms with Crippen LogP contribution in [0.15, 0.2) is 65.6 Å². The van der Waals surface area contributed by atoms with Gasteiger partial charge >= 0.3 is 5.97 Å². The first kappa shape index (κ1) is 18.2. The number of hydrogen-bond donors (Lipinski definition) is 1. The number of benzene rings is 3. The molecule has 26 heavy (non-hydrogen) atoms. The molecule has 0 saturated heterocycles. The Labute approximate surface area is 156 Å². The monoisotopic (exact) mass is 365 g/mol. The number of nitrogens with zero attached hydrogens (tertiary/aromatic N) is 1. The van der Waals surface area contributed by atoms with Gasteiger partial charge in [0, 0.05) is 16.0 Å². The third kappa shape index (κ3) is 4.12. The van der Waals surface area contributed by atoms with Gasteiger partial charge in [0.2, 0.25) is 0 Å². The van der Waals surface area contributed by atoms with Gasteiger partial charge in [-0.05, 0) is 72.7 Å². The first-order chi connectivity index (χ1) is 12.4. The zero-order valence-electron chi connectivity index (χ0n) is 14.6. The Morgan fingerprint density at radius 3 is 2.35 bits per heavy atom. The summed E-state index contributed by atoms with van der Waals surface area (Å²) in [6, 6.07) is 18.5. The van der Waals surface area contributed by atoms with Crippen LogP contribution in [0.4, 0.5) is 0 Å². The Morgan fingerprint density at radius 1 is 1.00 bits per heavy atom. The van der Waals surface area contributed by atoms with Crippen molar-refractivity contribution in [3.05, 3.63) is 77.4 Å². The molecule has 0 heterocycles. The Morgan fingerprint density at radius 2 is 1.69 bits per heavy atom. The summed E-state index contributed by atoms with van der Waals surface area (Å²) in [5.41, 5.74) is 1.75. The number of fused-ring (bicyclic) bond motifs is 1. The molecule has 0 bridgehead atoms. The quantitative estimate of drug-likeness (QED) is 0.522. The lowest BCUT2D eigenvalue weighted by atomic mass is 9.94. The minimum Gasteiger partial charge on any atom is -0.481 e. The molecule has 0 unspecified atom stereocenters. The van der Waals surface area contributed by atoms with Crippen molar-refractivity contribution in [1.82, 2.24) is 4.31 Å². The van der Waals surface area contributed by atoms with E-state index >= 15 is 0 Å². The number of hydrogen-bond acceptors (Lipinski definition) is 4. The van der Waals surface area contributed by atoms with E-state index in [2.05, 4.69) is 0 Å². The number of carbonyl (C=O) groups is 2. The maximum atomic E-state index is 13.1. The maximum absolute atomic E-state index is 13.1. The van der Waals surface area contributed by atoms with Crippen LogP contribution in [0.5, 0.6) is 0 Å². The van der Waals surface area contributed by atoms with E-state index in [0.717, 1.165) is 15.7 Å². The Kier molecular flexibility index (Phi) is 5.40. The Balaban J connectivity index is 2.02. The Bertz CT molecular complexity index is 965. The van der Waals surface area contributed by atoms with E-state index < -0.39 is 5.97 Å². The highest BCUT2D eigenvalue weighted by Crippen LogP contribution is 2.26. The second-order valence-corrected chi connectivity index (χ2v) is 7.58. The molecule has 3 aromatic rings. The highest BCUT2D eigenvalue weighted by atomic mass is 32.2. The molecule has 3 rings (SSSR count). The molecule has 4 nitrogen and oxygen atoms in total. The van der Waals surface area contributed by atoms with Gasteiger partial charge in [-0.3, -0.25) is 13.9 Å². The lowest BCUT2D eigenvalue weighted by Gasteiger charge is -2.11. The molecule has 3 aromatic carbocycles. The second-order valence-electron chi connectivity index (χ2n) is 6.19. The number of rotatable bonds is 6. The molecule has 0 aromatic heterocycles. The lowest BCUT2D eigenvalue weighted by molar-refractivity contribution is -0.136. The van der Waals surface area contributed by atoms with Gasteiger partial charge in [-0.2, -0.15) is 0 Å². The molecule has 0 aliphatic heterocycles. The molecule has 0 aliphatic rings. The van der Waals surface area contributed by atoms with Crippen LogP contribution in [0.2, 0.25) is 0 Å². The predicted octanol–water partition coefficient (Wildman–Crippen LogP) is 4.27. The zero-order chi connectivity index (χ0) is 18.7. The molecule has 0 aliphatic carbocycles. The molecular weight excluding hydrogens is 346 g/mol. The summed E-state index contributed by atoms with van der Waals surface area (Å²) in [6.07, 6.45) is -0.108. The highest BCUT2D eigenvalue weighted by Gasteiger charge is 2.15. The van der Waals surface area contributed by atoms with Crippen LogP contribution >= 0.6 is 11.9 Å². The van der Waals surface area contributed by atoms with E-state index in [9.17, 15) is 9.59 Å². The van der Waals surface area contributed by atoms with Crippen LogP contribution in [0.3, 0.4) is 0 Å². The largest absolute Gasteiger partial charge is 0.481 e. The van der Waals surface area contributed by atoms with Crippen molar-refractivity contribution in [3.8, 4) is 0 Å². The van der Waals surface area contributed by atoms with Crippen LogP contribution in [-0.2, 0) is 11.2 Å². The van der Waals surface area contributed by atoms with Crippen molar-refractivity contribution in [1.29, 1.82) is 0 Å². The van der Waals surface area contributed by atoms with Gasteiger partial charge in [0.1, 0.15) is 0 Å². The van der Waals surface area contributed by atoms with E-state index in [1.54, 1.807) is 18.0 Å². The van der Waals surface area contributed by atoms with Gasteiger partial charge in [0.15, 0.2) is 5.78 Å². The third-order valence-electron chi connectivity index (χ3n) is 3.93. The molecule has 0 spiro atoms. The van der Waals surface area contributed by atoms with Gasteiger partial charge in [-0.25, -0.2) is 0 Å². The van der Waals surface area contributed by atoms with Crippen LogP contribution in [0.25, 0.3) is 10.8 Å². The normalized spacial score (nSPS) is 11.0. The van der Waals surface area contributed by atoms with Gasteiger partial charge in [-0.15, -0.1) is 0 Å². The zero-order valence-corrected chi connectivity index (χ0v) is 15.4. The molecule has 0 atom stereocenters. The van der Waals surface area contributed by atoms with E-state index in [4.69, 9.17) is 5.11 Å². The van der Waals surface area contributed by atoms with Crippen molar-refractivity contribution >= 4 is 34.5 Å². The summed E-state index contributed by atoms with van der Waals surface area (Å²) < 4.78 is 1.99. The standard InChI is InChI=1S/C21H19NO3S/c1-22(2)26-17-9-7-15(8-10-17)21(25)19-12-14(13-20(23)24)11-16-5-3-4-6-18(16)19/h3-12H,13H2,1-2H3,(H,23,24). The molecule has 0 radical (unpaired) electrons. The topological polar surface area (TPSA) is 57.6 Å². The average molecular weight is 365 g/mol. The van der Waals surface area contributed by atoms with Crippen molar-refractivity contribution in [2.45, 2.75) is 11.3 Å². The average Bonchev–Trinajstić information content (AvgIpc) is 2.60. The van der Waals surface area contributed by atoms with Crippen molar-refractivity contribution in [2.75, 3.05) is 14.1 Å². The molecule has 0 saturated carbocycles. The molecule has 0 amide bonds. The Hall–Kier alpha value is -2.63. The summed E-state index contributed by atoms with van der Waals surface area (Å²) in [4.78, 5) is 25.2. The molecular formula is C21H19NO3S. The van der Waals surface area contributed by atoms with Crippen molar-refractivity contribution in [2.24, 2.45) is 0 Å². The lowest BCUT2D eigenvalue weighted by Crippen LogP contribution is -2.06. The number of carboxylic acids is 1. The van der Waals surface area contributed by atoms with Gasteiger partial charge in [0.05, 0.1) is 6.42 Å². The summed E-state index contributed by atoms with van der Waals surface area (Å²) in [5.74, 6) is -1.02. The van der Waals surface area contributed by atoms with E-state index in [-0.39, 0.29) is 12.2 Å². The first-order valence-corrected chi connectivity index (χ1v) is 8.95. The van der Waals surface area contributed by atoms with Crippen LogP contribution in [0, 0.1) is 0 Å². The summed E-state index contributed by atoms with van der Waals surface area (Å²) in [6.45, 7) is 0. The molecule has 5 heteroatoms. The highest BCUT2D eigenvalue weighted by molar-refractivity contribution is 7.97. The number of carboxylic acid groups (broad SMARTS) is 1. The van der Waals surface area contributed by atoms with Gasteiger partial charge in [-0.1, -0.05) is 30.3 Å². The summed E-state index contributed by atoms with van der Waals surface area (Å²) in [5, 5.41) is 10.8. The minimum atomic E-state index is -0.913. The van der Waals surface area contributed by atoms with Crippen LogP contribution < -0.4 is 0 Å². The van der Waals surface area contributed by atoms with Gasteiger partial charge in [0.25, 0.3) is 0 Å². The fourth-order valence-electron chi connectivity index (χ4n) is 2.87. The van der Waals surface area contributed by atoms with E-state index in [1.165, 1.54) is 0 Å². The summed E-state index contributed by atoms with van der Waals surface area (Å²) >= 11 is 1.58. The number of ketones is 1. The molecule has 132 valence electrons. The predicted molar refractivity (Wildman–Crippen MR) is 105 cm³/mol. The van der Waals surface area contributed by atoms with E-state index in [0.29, 0.717) is 16.7 Å².